The van der Waals surface area contributed by atoms with Gasteiger partial charge in [-0.15, -0.1) is 16.4 Å². The number of fused-ring (bicyclic) bond motifs is 1. The number of hydrogen-bond acceptors (Lipinski definition) is 5. The second kappa shape index (κ2) is 4.88. The van der Waals surface area contributed by atoms with Crippen molar-refractivity contribution < 1.29 is 0 Å². The first kappa shape index (κ1) is 11.4. The van der Waals surface area contributed by atoms with Gasteiger partial charge in [-0.2, -0.15) is 5.10 Å². The van der Waals surface area contributed by atoms with Crippen molar-refractivity contribution >= 4 is 38.8 Å². The molecule has 0 fully saturated rings. The average molecular weight is 277 g/mol. The van der Waals surface area contributed by atoms with Crippen molar-refractivity contribution in [3.8, 4) is 0 Å². The van der Waals surface area contributed by atoms with Crippen LogP contribution in [-0.2, 0) is 6.54 Å². The maximum Gasteiger partial charge on any atom is 0.124 e. The van der Waals surface area contributed by atoms with Gasteiger partial charge in [0.05, 0.1) is 21.6 Å². The van der Waals surface area contributed by atoms with Crippen LogP contribution in [0.25, 0.3) is 10.2 Å². The van der Waals surface area contributed by atoms with E-state index in [0.29, 0.717) is 5.02 Å². The summed E-state index contributed by atoms with van der Waals surface area (Å²) >= 11 is 7.60. The Morgan fingerprint density at radius 1 is 1.28 bits per heavy atom. The molecule has 90 valence electrons. The van der Waals surface area contributed by atoms with E-state index in [2.05, 4.69) is 20.5 Å². The standard InChI is InChI=1S/C12H9ClN4S/c13-9-7-18-12-10(6-16-17-11(9)12)15-5-8-1-3-14-4-2-8/h1-4,6-7H,5H2,(H,15,17). The number of nitrogens with zero attached hydrogens (tertiary/aromatic N) is 3. The number of pyridine rings is 1. The SMILES string of the molecule is Clc1csc2c(NCc3ccncc3)cnnc12. The molecule has 0 aliphatic carbocycles. The molecule has 0 radical (unpaired) electrons. The number of aromatic nitrogens is 3. The van der Waals surface area contributed by atoms with Crippen molar-refractivity contribution in [3.05, 3.63) is 46.7 Å². The second-order valence-corrected chi connectivity index (χ2v) is 5.02. The highest BCUT2D eigenvalue weighted by atomic mass is 35.5. The van der Waals surface area contributed by atoms with Gasteiger partial charge < -0.3 is 5.32 Å². The molecule has 0 atom stereocenters. The highest BCUT2D eigenvalue weighted by Gasteiger charge is 2.08. The van der Waals surface area contributed by atoms with Gasteiger partial charge in [0, 0.05) is 24.3 Å². The molecule has 6 heteroatoms. The van der Waals surface area contributed by atoms with Crippen LogP contribution in [0.4, 0.5) is 5.69 Å². The monoisotopic (exact) mass is 276 g/mol. The molecule has 3 rings (SSSR count). The van der Waals surface area contributed by atoms with Crippen LogP contribution in [-0.4, -0.2) is 15.2 Å². The quantitative estimate of drug-likeness (QED) is 0.797. The Balaban J connectivity index is 1.87. The van der Waals surface area contributed by atoms with Crippen LogP contribution < -0.4 is 5.32 Å². The number of thiophene rings is 1. The Kier molecular flexibility index (Phi) is 3.08. The highest BCUT2D eigenvalue weighted by Crippen LogP contribution is 2.32. The largest absolute Gasteiger partial charge is 0.378 e. The van der Waals surface area contributed by atoms with E-state index in [0.717, 1.165) is 28.0 Å². The smallest absolute Gasteiger partial charge is 0.124 e. The van der Waals surface area contributed by atoms with E-state index in [1.807, 2.05) is 17.5 Å². The van der Waals surface area contributed by atoms with Gasteiger partial charge in [-0.3, -0.25) is 4.98 Å². The lowest BCUT2D eigenvalue weighted by atomic mass is 10.2. The number of hydrogen-bond donors (Lipinski definition) is 1. The number of rotatable bonds is 3. The van der Waals surface area contributed by atoms with E-state index < -0.39 is 0 Å². The number of anilines is 1. The van der Waals surface area contributed by atoms with E-state index in [-0.39, 0.29) is 0 Å². The fourth-order valence-electron chi connectivity index (χ4n) is 1.64. The van der Waals surface area contributed by atoms with Gasteiger partial charge in [0.2, 0.25) is 0 Å². The molecule has 0 spiro atoms. The van der Waals surface area contributed by atoms with Crippen molar-refractivity contribution in [2.75, 3.05) is 5.32 Å². The lowest BCUT2D eigenvalue weighted by Gasteiger charge is -2.06. The maximum atomic E-state index is 6.03. The maximum absolute atomic E-state index is 6.03. The van der Waals surface area contributed by atoms with Crippen molar-refractivity contribution in [2.24, 2.45) is 0 Å². The van der Waals surface area contributed by atoms with E-state index >= 15 is 0 Å². The van der Waals surface area contributed by atoms with Crippen LogP contribution in [0.15, 0.2) is 36.1 Å². The Hall–Kier alpha value is -1.72. The average Bonchev–Trinajstić information content (AvgIpc) is 2.80. The van der Waals surface area contributed by atoms with Gasteiger partial charge in [0.1, 0.15) is 5.52 Å². The van der Waals surface area contributed by atoms with Crippen LogP contribution in [0.2, 0.25) is 5.02 Å². The summed E-state index contributed by atoms with van der Waals surface area (Å²) in [5.74, 6) is 0. The minimum atomic E-state index is 0.648. The minimum absolute atomic E-state index is 0.648. The zero-order valence-electron chi connectivity index (χ0n) is 9.30. The summed E-state index contributed by atoms with van der Waals surface area (Å²) < 4.78 is 1.03. The summed E-state index contributed by atoms with van der Waals surface area (Å²) in [7, 11) is 0. The summed E-state index contributed by atoms with van der Waals surface area (Å²) in [6, 6.07) is 3.94. The van der Waals surface area contributed by atoms with Gasteiger partial charge in [0.15, 0.2) is 0 Å². The summed E-state index contributed by atoms with van der Waals surface area (Å²) in [6.45, 7) is 0.721. The zero-order valence-corrected chi connectivity index (χ0v) is 10.9. The number of halogens is 1. The van der Waals surface area contributed by atoms with Gasteiger partial charge in [-0.25, -0.2) is 0 Å². The highest BCUT2D eigenvalue weighted by molar-refractivity contribution is 7.18. The first-order valence-corrected chi connectivity index (χ1v) is 6.61. The molecule has 1 N–H and O–H groups in total. The van der Waals surface area contributed by atoms with Crippen LogP contribution >= 0.6 is 22.9 Å². The third kappa shape index (κ3) is 2.14. The molecule has 0 aromatic carbocycles. The minimum Gasteiger partial charge on any atom is -0.378 e. The summed E-state index contributed by atoms with van der Waals surface area (Å²) in [5.41, 5.74) is 2.87. The molecule has 0 amide bonds. The summed E-state index contributed by atoms with van der Waals surface area (Å²) in [4.78, 5) is 3.99. The fourth-order valence-corrected chi connectivity index (χ4v) is 2.81. The molecule has 18 heavy (non-hydrogen) atoms. The molecule has 4 nitrogen and oxygen atoms in total. The van der Waals surface area contributed by atoms with Gasteiger partial charge in [-0.1, -0.05) is 11.6 Å². The lowest BCUT2D eigenvalue weighted by molar-refractivity contribution is 1.06. The molecule has 0 saturated carbocycles. The number of nitrogens with one attached hydrogen (secondary N) is 1. The Morgan fingerprint density at radius 2 is 2.11 bits per heavy atom. The molecule has 0 unspecified atom stereocenters. The molecule has 3 aromatic heterocycles. The van der Waals surface area contributed by atoms with Crippen molar-refractivity contribution in [3.63, 3.8) is 0 Å². The molecule has 0 saturated heterocycles. The second-order valence-electron chi connectivity index (χ2n) is 3.73. The molecular formula is C12H9ClN4S. The molecule has 3 aromatic rings. The Labute approximate surface area is 113 Å². The van der Waals surface area contributed by atoms with Gasteiger partial charge in [-0.05, 0) is 17.7 Å². The Morgan fingerprint density at radius 3 is 2.94 bits per heavy atom. The summed E-state index contributed by atoms with van der Waals surface area (Å²) in [6.07, 6.45) is 5.27. The van der Waals surface area contributed by atoms with Crippen LogP contribution in [0.5, 0.6) is 0 Å². The van der Waals surface area contributed by atoms with E-state index in [4.69, 9.17) is 11.6 Å². The topological polar surface area (TPSA) is 50.7 Å². The lowest BCUT2D eigenvalue weighted by Crippen LogP contribution is -2.00. The van der Waals surface area contributed by atoms with Crippen LogP contribution in [0, 0.1) is 0 Å². The van der Waals surface area contributed by atoms with E-state index in [9.17, 15) is 0 Å². The molecule has 0 aliphatic rings. The van der Waals surface area contributed by atoms with Crippen molar-refractivity contribution in [1.82, 2.24) is 15.2 Å². The normalized spacial score (nSPS) is 10.7. The predicted molar refractivity (Wildman–Crippen MR) is 74.0 cm³/mol. The molecule has 0 aliphatic heterocycles. The Bertz CT molecular complexity index is 668. The fraction of sp³-hybridized carbons (Fsp3) is 0.0833. The van der Waals surface area contributed by atoms with Crippen molar-refractivity contribution in [2.45, 2.75) is 6.54 Å². The summed E-state index contributed by atoms with van der Waals surface area (Å²) in [5, 5.41) is 13.9. The third-order valence-electron chi connectivity index (χ3n) is 2.54. The zero-order chi connectivity index (χ0) is 12.4. The van der Waals surface area contributed by atoms with E-state index in [1.165, 1.54) is 0 Å². The molecule has 3 heterocycles. The van der Waals surface area contributed by atoms with Gasteiger partial charge in [0.25, 0.3) is 0 Å². The first-order valence-electron chi connectivity index (χ1n) is 5.36. The molecule has 0 bridgehead atoms. The van der Waals surface area contributed by atoms with Gasteiger partial charge >= 0.3 is 0 Å². The molecular weight excluding hydrogens is 268 g/mol. The van der Waals surface area contributed by atoms with Crippen molar-refractivity contribution in [1.29, 1.82) is 0 Å². The third-order valence-corrected chi connectivity index (χ3v) is 3.96. The first-order chi connectivity index (χ1) is 8.84. The van der Waals surface area contributed by atoms with Crippen LogP contribution in [0.1, 0.15) is 5.56 Å². The van der Waals surface area contributed by atoms with Crippen LogP contribution in [0.3, 0.4) is 0 Å². The van der Waals surface area contributed by atoms with E-state index in [1.54, 1.807) is 29.9 Å². The predicted octanol–water partition coefficient (Wildman–Crippen LogP) is 3.35.